The monoisotopic (exact) mass is 264 g/mol. The maximum atomic E-state index is 10.8. The summed E-state index contributed by atoms with van der Waals surface area (Å²) in [5.74, 6) is 0.839. The summed E-state index contributed by atoms with van der Waals surface area (Å²) >= 11 is 0. The first kappa shape index (κ1) is 14.4. The molecule has 2 unspecified atom stereocenters. The van der Waals surface area contributed by atoms with E-state index in [9.17, 15) is 5.11 Å². The molecule has 2 rings (SSSR count). The average Bonchev–Trinajstić information content (AvgIpc) is 2.38. The Hall–Kier alpha value is -1.06. The van der Waals surface area contributed by atoms with Crippen LogP contribution in [-0.4, -0.2) is 30.0 Å². The summed E-state index contributed by atoms with van der Waals surface area (Å²) in [6.45, 7) is 4.82. The quantitative estimate of drug-likeness (QED) is 0.908. The summed E-state index contributed by atoms with van der Waals surface area (Å²) in [6.07, 6.45) is 2.96. The Kier molecular flexibility index (Phi) is 4.16. The molecule has 1 aromatic rings. The summed E-state index contributed by atoms with van der Waals surface area (Å²) in [7, 11) is 1.66. The maximum Gasteiger partial charge on any atom is 0.119 e. The van der Waals surface area contributed by atoms with Gasteiger partial charge in [0.05, 0.1) is 24.9 Å². The minimum absolute atomic E-state index is 0.203. The van der Waals surface area contributed by atoms with Gasteiger partial charge in [0.2, 0.25) is 0 Å². The Bertz CT molecular complexity index is 432. The molecule has 0 aromatic heterocycles. The van der Waals surface area contributed by atoms with Crippen molar-refractivity contribution in [3.63, 3.8) is 0 Å². The van der Waals surface area contributed by atoms with Crippen LogP contribution in [0.1, 0.15) is 38.7 Å². The molecule has 1 aliphatic rings. The number of hydrogen-bond donors (Lipinski definition) is 1. The van der Waals surface area contributed by atoms with Crippen LogP contribution in [0.25, 0.3) is 0 Å². The van der Waals surface area contributed by atoms with Gasteiger partial charge in [-0.05, 0) is 37.5 Å². The maximum absolute atomic E-state index is 10.8. The predicted molar refractivity (Wildman–Crippen MR) is 75.5 cm³/mol. The zero-order valence-electron chi connectivity index (χ0n) is 12.1. The predicted octanol–water partition coefficient (Wildman–Crippen LogP) is 2.95. The van der Waals surface area contributed by atoms with Crippen LogP contribution in [0, 0.1) is 0 Å². The molecule has 0 amide bonds. The van der Waals surface area contributed by atoms with Gasteiger partial charge in [-0.1, -0.05) is 19.1 Å². The highest BCUT2D eigenvalue weighted by atomic mass is 16.5. The molecule has 0 spiro atoms. The standard InChI is InChI=1S/C16H24O3/c1-4-15(2)12-16(17,8-9-19-15)11-13-6-5-7-14(10-13)18-3/h5-7,10,17H,4,8-9,11-12H2,1-3H3. The lowest BCUT2D eigenvalue weighted by Crippen LogP contribution is -2.48. The van der Waals surface area contributed by atoms with Crippen LogP contribution in [-0.2, 0) is 11.2 Å². The van der Waals surface area contributed by atoms with Crippen molar-refractivity contribution in [3.8, 4) is 5.75 Å². The molecule has 0 saturated carbocycles. The van der Waals surface area contributed by atoms with Crippen LogP contribution >= 0.6 is 0 Å². The second-order valence-corrected chi connectivity index (χ2v) is 5.83. The summed E-state index contributed by atoms with van der Waals surface area (Å²) in [5.41, 5.74) is 0.239. The van der Waals surface area contributed by atoms with Crippen molar-refractivity contribution in [1.82, 2.24) is 0 Å². The molecule has 1 fully saturated rings. The van der Waals surface area contributed by atoms with Crippen molar-refractivity contribution in [2.75, 3.05) is 13.7 Å². The first-order valence-corrected chi connectivity index (χ1v) is 6.98. The van der Waals surface area contributed by atoms with Crippen molar-refractivity contribution in [3.05, 3.63) is 29.8 Å². The molecule has 3 nitrogen and oxygen atoms in total. The Morgan fingerprint density at radius 2 is 2.21 bits per heavy atom. The SMILES string of the molecule is CCC1(C)CC(O)(Cc2cccc(OC)c2)CCO1. The minimum Gasteiger partial charge on any atom is -0.497 e. The molecule has 2 atom stereocenters. The van der Waals surface area contributed by atoms with Gasteiger partial charge in [-0.3, -0.25) is 0 Å². The smallest absolute Gasteiger partial charge is 0.119 e. The molecule has 1 heterocycles. The molecule has 0 radical (unpaired) electrons. The molecule has 106 valence electrons. The highest BCUT2D eigenvalue weighted by molar-refractivity contribution is 5.29. The molecule has 19 heavy (non-hydrogen) atoms. The third-order valence-electron chi connectivity index (χ3n) is 4.14. The lowest BCUT2D eigenvalue weighted by Gasteiger charge is -2.43. The van der Waals surface area contributed by atoms with E-state index in [1.54, 1.807) is 7.11 Å². The molecule has 1 N–H and O–H groups in total. The molecule has 3 heteroatoms. The fourth-order valence-electron chi connectivity index (χ4n) is 2.86. The van der Waals surface area contributed by atoms with Crippen LogP contribution in [0.4, 0.5) is 0 Å². The second-order valence-electron chi connectivity index (χ2n) is 5.83. The van der Waals surface area contributed by atoms with Crippen molar-refractivity contribution in [2.45, 2.75) is 50.7 Å². The van der Waals surface area contributed by atoms with Crippen LogP contribution in [0.15, 0.2) is 24.3 Å². The Balaban J connectivity index is 2.12. The van der Waals surface area contributed by atoms with Crippen LogP contribution in [0.2, 0.25) is 0 Å². The van der Waals surface area contributed by atoms with E-state index in [1.807, 2.05) is 24.3 Å². The van der Waals surface area contributed by atoms with Crippen molar-refractivity contribution < 1.29 is 14.6 Å². The van der Waals surface area contributed by atoms with E-state index in [-0.39, 0.29) is 5.60 Å². The van der Waals surface area contributed by atoms with Gasteiger partial charge >= 0.3 is 0 Å². The van der Waals surface area contributed by atoms with Gasteiger partial charge in [0.25, 0.3) is 0 Å². The molecule has 0 aliphatic carbocycles. The second kappa shape index (κ2) is 5.51. The third kappa shape index (κ3) is 3.48. The van der Waals surface area contributed by atoms with Crippen molar-refractivity contribution >= 4 is 0 Å². The molecule has 1 aliphatic heterocycles. The van der Waals surface area contributed by atoms with Crippen LogP contribution < -0.4 is 4.74 Å². The molecular weight excluding hydrogens is 240 g/mol. The summed E-state index contributed by atoms with van der Waals surface area (Å²) < 4.78 is 11.0. The van der Waals surface area contributed by atoms with E-state index in [1.165, 1.54) is 0 Å². The Labute approximate surface area is 115 Å². The van der Waals surface area contributed by atoms with Gasteiger partial charge in [-0.15, -0.1) is 0 Å². The highest BCUT2D eigenvalue weighted by Gasteiger charge is 2.40. The lowest BCUT2D eigenvalue weighted by atomic mass is 9.78. The van der Waals surface area contributed by atoms with Crippen LogP contribution in [0.5, 0.6) is 5.75 Å². The summed E-state index contributed by atoms with van der Waals surface area (Å²) in [4.78, 5) is 0. The Morgan fingerprint density at radius 3 is 2.89 bits per heavy atom. The van der Waals surface area contributed by atoms with E-state index >= 15 is 0 Å². The first-order valence-electron chi connectivity index (χ1n) is 6.98. The number of methoxy groups -OCH3 is 1. The highest BCUT2D eigenvalue weighted by Crippen LogP contribution is 2.36. The molecule has 0 bridgehead atoms. The number of hydrogen-bond acceptors (Lipinski definition) is 3. The van der Waals surface area contributed by atoms with E-state index < -0.39 is 5.60 Å². The minimum atomic E-state index is -0.671. The topological polar surface area (TPSA) is 38.7 Å². The molecule has 1 saturated heterocycles. The number of aliphatic hydroxyl groups is 1. The van der Waals surface area contributed by atoms with E-state index in [2.05, 4.69) is 13.8 Å². The molecular formula is C16H24O3. The zero-order valence-corrected chi connectivity index (χ0v) is 12.1. The fraction of sp³-hybridized carbons (Fsp3) is 0.625. The molecule has 1 aromatic carbocycles. The number of rotatable bonds is 4. The van der Waals surface area contributed by atoms with Crippen molar-refractivity contribution in [2.24, 2.45) is 0 Å². The van der Waals surface area contributed by atoms with Gasteiger partial charge in [-0.25, -0.2) is 0 Å². The van der Waals surface area contributed by atoms with E-state index in [4.69, 9.17) is 9.47 Å². The van der Waals surface area contributed by atoms with Gasteiger partial charge in [0.15, 0.2) is 0 Å². The summed E-state index contributed by atoms with van der Waals surface area (Å²) in [6, 6.07) is 7.93. The average molecular weight is 264 g/mol. The first-order chi connectivity index (χ1) is 8.99. The van der Waals surface area contributed by atoms with Gasteiger partial charge in [-0.2, -0.15) is 0 Å². The van der Waals surface area contributed by atoms with E-state index in [0.717, 1.165) is 17.7 Å². The van der Waals surface area contributed by atoms with Crippen molar-refractivity contribution in [1.29, 1.82) is 0 Å². The van der Waals surface area contributed by atoms with Gasteiger partial charge in [0.1, 0.15) is 5.75 Å². The van der Waals surface area contributed by atoms with Crippen LogP contribution in [0.3, 0.4) is 0 Å². The number of ether oxygens (including phenoxy) is 2. The normalized spacial score (nSPS) is 31.2. The Morgan fingerprint density at radius 1 is 1.42 bits per heavy atom. The van der Waals surface area contributed by atoms with Gasteiger partial charge in [0, 0.05) is 12.8 Å². The largest absolute Gasteiger partial charge is 0.497 e. The number of benzene rings is 1. The lowest BCUT2D eigenvalue weighted by molar-refractivity contribution is -0.152. The van der Waals surface area contributed by atoms with E-state index in [0.29, 0.717) is 25.9 Å². The third-order valence-corrected chi connectivity index (χ3v) is 4.14. The zero-order chi connectivity index (χ0) is 13.9. The van der Waals surface area contributed by atoms with Gasteiger partial charge < -0.3 is 14.6 Å². The summed E-state index contributed by atoms with van der Waals surface area (Å²) in [5, 5.41) is 10.8. The fourth-order valence-corrected chi connectivity index (χ4v) is 2.86.